The van der Waals surface area contributed by atoms with Crippen molar-refractivity contribution in [3.63, 3.8) is 0 Å². The summed E-state index contributed by atoms with van der Waals surface area (Å²) < 4.78 is 10.9. The van der Waals surface area contributed by atoms with Crippen LogP contribution in [0.5, 0.6) is 0 Å². The van der Waals surface area contributed by atoms with Gasteiger partial charge in [-0.15, -0.1) is 0 Å². The molecule has 0 aliphatic carbocycles. The lowest BCUT2D eigenvalue weighted by Gasteiger charge is -2.09. The van der Waals surface area contributed by atoms with Gasteiger partial charge in [0.1, 0.15) is 0 Å². The summed E-state index contributed by atoms with van der Waals surface area (Å²) in [5, 5.41) is 3.09. The molecule has 0 spiro atoms. The van der Waals surface area contributed by atoms with E-state index in [2.05, 4.69) is 29.4 Å². The van der Waals surface area contributed by atoms with Gasteiger partial charge in [-0.3, -0.25) is 4.99 Å². The highest BCUT2D eigenvalue weighted by molar-refractivity contribution is 5.92. The molecular formula is C16H25N3O2. The minimum atomic E-state index is 0.265. The van der Waals surface area contributed by atoms with E-state index >= 15 is 0 Å². The van der Waals surface area contributed by atoms with E-state index in [9.17, 15) is 0 Å². The molecule has 0 aromatic heterocycles. The van der Waals surface area contributed by atoms with E-state index in [0.29, 0.717) is 19.1 Å². The number of hydrogen-bond donors (Lipinski definition) is 2. The summed E-state index contributed by atoms with van der Waals surface area (Å²) >= 11 is 0. The molecule has 1 aromatic carbocycles. The standard InChI is InChI=1S/C16H25N3O2/c1-2-13-4-6-14(7-5-13)19-16(17)18-9-3-10-21-15-8-11-20-12-15/h4-7,15H,2-3,8-12H2,1H3,(H3,17,18,19). The van der Waals surface area contributed by atoms with Crippen LogP contribution < -0.4 is 11.1 Å². The van der Waals surface area contributed by atoms with Gasteiger partial charge in [-0.1, -0.05) is 19.1 Å². The van der Waals surface area contributed by atoms with Crippen LogP contribution in [0, 0.1) is 0 Å². The predicted molar refractivity (Wildman–Crippen MR) is 85.7 cm³/mol. The van der Waals surface area contributed by atoms with Crippen LogP contribution in [-0.2, 0) is 15.9 Å². The maximum atomic E-state index is 5.86. The van der Waals surface area contributed by atoms with Crippen LogP contribution in [0.15, 0.2) is 29.3 Å². The van der Waals surface area contributed by atoms with Gasteiger partial charge in [0, 0.05) is 25.4 Å². The number of rotatable bonds is 7. The lowest BCUT2D eigenvalue weighted by atomic mass is 10.1. The number of aliphatic imine (C=N–C) groups is 1. The van der Waals surface area contributed by atoms with Crippen molar-refractivity contribution >= 4 is 11.6 Å². The number of nitrogens with zero attached hydrogens (tertiary/aromatic N) is 1. The lowest BCUT2D eigenvalue weighted by Crippen LogP contribution is -2.23. The van der Waals surface area contributed by atoms with E-state index in [-0.39, 0.29) is 6.10 Å². The second-order valence-electron chi connectivity index (χ2n) is 5.15. The Kier molecular flexibility index (Phi) is 6.50. The molecule has 1 aliphatic heterocycles. The number of hydrogen-bond acceptors (Lipinski definition) is 3. The normalized spacial score (nSPS) is 18.9. The summed E-state index contributed by atoms with van der Waals surface area (Å²) in [7, 11) is 0. The van der Waals surface area contributed by atoms with Gasteiger partial charge in [-0.25, -0.2) is 0 Å². The van der Waals surface area contributed by atoms with Crippen molar-refractivity contribution in [2.45, 2.75) is 32.3 Å². The molecule has 2 rings (SSSR count). The molecule has 116 valence electrons. The smallest absolute Gasteiger partial charge is 0.193 e. The molecule has 0 saturated carbocycles. The largest absolute Gasteiger partial charge is 0.379 e. The van der Waals surface area contributed by atoms with Crippen LogP contribution in [0.3, 0.4) is 0 Å². The monoisotopic (exact) mass is 291 g/mol. The average molecular weight is 291 g/mol. The van der Waals surface area contributed by atoms with Crippen molar-refractivity contribution in [1.29, 1.82) is 0 Å². The van der Waals surface area contributed by atoms with Gasteiger partial charge in [0.05, 0.1) is 12.7 Å². The van der Waals surface area contributed by atoms with E-state index in [1.54, 1.807) is 0 Å². The zero-order chi connectivity index (χ0) is 14.9. The van der Waals surface area contributed by atoms with Gasteiger partial charge in [-0.2, -0.15) is 0 Å². The van der Waals surface area contributed by atoms with E-state index in [0.717, 1.165) is 38.2 Å². The number of benzene rings is 1. The predicted octanol–water partition coefficient (Wildman–Crippen LogP) is 2.17. The van der Waals surface area contributed by atoms with Gasteiger partial charge >= 0.3 is 0 Å². The molecule has 0 amide bonds. The number of ether oxygens (including phenoxy) is 2. The molecule has 0 bridgehead atoms. The maximum Gasteiger partial charge on any atom is 0.193 e. The Morgan fingerprint density at radius 2 is 2.24 bits per heavy atom. The van der Waals surface area contributed by atoms with Crippen LogP contribution in [0.2, 0.25) is 0 Å². The van der Waals surface area contributed by atoms with Crippen LogP contribution in [0.25, 0.3) is 0 Å². The van der Waals surface area contributed by atoms with Crippen molar-refractivity contribution in [2.75, 3.05) is 31.7 Å². The van der Waals surface area contributed by atoms with Crippen LogP contribution in [-0.4, -0.2) is 38.4 Å². The number of nitrogens with one attached hydrogen (secondary N) is 1. The topological polar surface area (TPSA) is 68.9 Å². The third-order valence-electron chi connectivity index (χ3n) is 3.46. The van der Waals surface area contributed by atoms with Gasteiger partial charge in [0.25, 0.3) is 0 Å². The Labute approximate surface area is 126 Å². The first kappa shape index (κ1) is 15.8. The fraction of sp³-hybridized carbons (Fsp3) is 0.562. The zero-order valence-corrected chi connectivity index (χ0v) is 12.7. The molecule has 1 unspecified atom stereocenters. The Morgan fingerprint density at radius 3 is 2.90 bits per heavy atom. The van der Waals surface area contributed by atoms with Crippen LogP contribution in [0.4, 0.5) is 5.69 Å². The molecule has 5 nitrogen and oxygen atoms in total. The first-order valence-electron chi connectivity index (χ1n) is 7.63. The average Bonchev–Trinajstić information content (AvgIpc) is 3.01. The van der Waals surface area contributed by atoms with Crippen molar-refractivity contribution in [2.24, 2.45) is 10.7 Å². The minimum absolute atomic E-state index is 0.265. The molecule has 1 heterocycles. The second kappa shape index (κ2) is 8.64. The molecule has 1 aromatic rings. The van der Waals surface area contributed by atoms with Crippen molar-refractivity contribution < 1.29 is 9.47 Å². The number of anilines is 1. The summed E-state index contributed by atoms with van der Waals surface area (Å²) in [6.45, 7) is 5.05. The number of aryl methyl sites for hydroxylation is 1. The highest BCUT2D eigenvalue weighted by Gasteiger charge is 2.15. The maximum absolute atomic E-state index is 5.86. The highest BCUT2D eigenvalue weighted by atomic mass is 16.5. The van der Waals surface area contributed by atoms with E-state index in [4.69, 9.17) is 15.2 Å². The van der Waals surface area contributed by atoms with Crippen molar-refractivity contribution in [1.82, 2.24) is 0 Å². The molecule has 1 fully saturated rings. The Hall–Kier alpha value is -1.59. The Bertz CT molecular complexity index is 439. The number of guanidine groups is 1. The summed E-state index contributed by atoms with van der Waals surface area (Å²) in [6.07, 6.45) is 3.17. The molecule has 3 N–H and O–H groups in total. The molecule has 1 atom stereocenters. The summed E-state index contributed by atoms with van der Waals surface area (Å²) in [5.41, 5.74) is 8.13. The molecular weight excluding hydrogens is 266 g/mol. The van der Waals surface area contributed by atoms with Gasteiger partial charge in [-0.05, 0) is 37.0 Å². The third-order valence-corrected chi connectivity index (χ3v) is 3.46. The Morgan fingerprint density at radius 1 is 1.43 bits per heavy atom. The molecule has 5 heteroatoms. The fourth-order valence-electron chi connectivity index (χ4n) is 2.17. The Balaban J connectivity index is 1.63. The zero-order valence-electron chi connectivity index (χ0n) is 12.7. The highest BCUT2D eigenvalue weighted by Crippen LogP contribution is 2.10. The first-order chi connectivity index (χ1) is 10.3. The van der Waals surface area contributed by atoms with Gasteiger partial charge in [0.2, 0.25) is 0 Å². The van der Waals surface area contributed by atoms with Crippen LogP contribution in [0.1, 0.15) is 25.3 Å². The summed E-state index contributed by atoms with van der Waals surface area (Å²) in [5.74, 6) is 0.448. The fourth-order valence-corrected chi connectivity index (χ4v) is 2.17. The van der Waals surface area contributed by atoms with Gasteiger partial charge in [0.15, 0.2) is 5.96 Å². The first-order valence-corrected chi connectivity index (χ1v) is 7.63. The lowest BCUT2D eigenvalue weighted by molar-refractivity contribution is 0.0424. The number of nitrogens with two attached hydrogens (primary N) is 1. The van der Waals surface area contributed by atoms with Gasteiger partial charge < -0.3 is 20.5 Å². The van der Waals surface area contributed by atoms with Crippen LogP contribution >= 0.6 is 0 Å². The summed E-state index contributed by atoms with van der Waals surface area (Å²) in [4.78, 5) is 4.30. The van der Waals surface area contributed by atoms with E-state index in [1.807, 2.05) is 12.1 Å². The van der Waals surface area contributed by atoms with E-state index < -0.39 is 0 Å². The van der Waals surface area contributed by atoms with Crippen molar-refractivity contribution in [3.8, 4) is 0 Å². The molecule has 0 radical (unpaired) electrons. The SMILES string of the molecule is CCc1ccc(NC(N)=NCCCOC2CCOC2)cc1. The van der Waals surface area contributed by atoms with Crippen molar-refractivity contribution in [3.05, 3.63) is 29.8 Å². The second-order valence-corrected chi connectivity index (χ2v) is 5.15. The molecule has 1 aliphatic rings. The molecule has 21 heavy (non-hydrogen) atoms. The van der Waals surface area contributed by atoms with E-state index in [1.165, 1.54) is 5.56 Å². The minimum Gasteiger partial charge on any atom is -0.379 e. The third kappa shape index (κ3) is 5.73. The summed E-state index contributed by atoms with van der Waals surface area (Å²) in [6, 6.07) is 8.22. The molecule has 1 saturated heterocycles. The quantitative estimate of drug-likeness (QED) is 0.459.